The van der Waals surface area contributed by atoms with Crippen molar-refractivity contribution in [1.29, 1.82) is 0 Å². The van der Waals surface area contributed by atoms with Crippen LogP contribution in [0.4, 0.5) is 0 Å². The van der Waals surface area contributed by atoms with E-state index in [0.717, 1.165) is 0 Å². The van der Waals surface area contributed by atoms with E-state index in [1.165, 1.54) is 36.5 Å². The monoisotopic (exact) mass is 320 g/mol. The molecule has 0 atom stereocenters. The Morgan fingerprint density at radius 3 is 1.21 bits per heavy atom. The molecule has 8 heteroatoms. The Labute approximate surface area is 135 Å². The average Bonchev–Trinajstić information content (AvgIpc) is 2.60. The number of isocyanates is 4. The van der Waals surface area contributed by atoms with E-state index in [9.17, 15) is 19.2 Å². The van der Waals surface area contributed by atoms with Crippen LogP contribution in [0.2, 0.25) is 0 Å². The van der Waals surface area contributed by atoms with E-state index in [0.29, 0.717) is 21.9 Å². The molecule has 0 amide bonds. The van der Waals surface area contributed by atoms with Crippen LogP contribution >= 0.6 is 0 Å². The lowest BCUT2D eigenvalue weighted by molar-refractivity contribution is 0.550. The molecule has 2 aromatic rings. The number of rotatable bonds is 6. The number of benzene rings is 2. The molecular weight excluding hydrogens is 312 g/mol. The molecule has 0 saturated carbocycles. The first-order valence-corrected chi connectivity index (χ1v) is 6.56. The van der Waals surface area contributed by atoms with Gasteiger partial charge in [-0.1, -0.05) is 36.4 Å². The minimum Gasteiger partial charge on any atom is -0.211 e. The fraction of sp³-hybridized carbons (Fsp3) is 0.125. The highest BCUT2D eigenvalue weighted by atomic mass is 16.1. The number of nitrogens with zero attached hydrogens (tertiary/aromatic N) is 4. The molecule has 0 saturated heterocycles. The van der Waals surface area contributed by atoms with Crippen molar-refractivity contribution in [3.05, 3.63) is 47.5 Å². The SMILES string of the molecule is O=C=NC(N=C=O)c1ccc(C(N=C=O)N=C=O)c2ccccc12. The third-order valence-corrected chi connectivity index (χ3v) is 3.25. The molecule has 0 bridgehead atoms. The summed E-state index contributed by atoms with van der Waals surface area (Å²) in [6.07, 6.45) is 3.23. The number of hydrogen-bond acceptors (Lipinski definition) is 8. The molecule has 0 unspecified atom stereocenters. The summed E-state index contributed by atoms with van der Waals surface area (Å²) in [5.74, 6) is 0. The van der Waals surface area contributed by atoms with Crippen molar-refractivity contribution < 1.29 is 19.2 Å². The molecule has 2 rings (SSSR count). The standard InChI is InChI=1S/C16H8N4O4/c21-7-17-15(18-8-22)13-5-6-14(16(19-9-23)20-10-24)12-4-2-1-3-11(12)13/h1-6,15-16H. The minimum absolute atomic E-state index is 0.449. The topological polar surface area (TPSA) is 118 Å². The van der Waals surface area contributed by atoms with Crippen LogP contribution in [0.1, 0.15) is 23.5 Å². The van der Waals surface area contributed by atoms with Crippen LogP contribution < -0.4 is 0 Å². The van der Waals surface area contributed by atoms with E-state index in [1.807, 2.05) is 0 Å². The third-order valence-electron chi connectivity index (χ3n) is 3.25. The van der Waals surface area contributed by atoms with Crippen LogP contribution in [0.25, 0.3) is 10.8 Å². The normalized spacial score (nSPS) is 11.8. The minimum atomic E-state index is -1.10. The van der Waals surface area contributed by atoms with Gasteiger partial charge in [0.15, 0.2) is 12.3 Å². The Hall–Kier alpha value is -3.78. The largest absolute Gasteiger partial charge is 0.237 e. The fourth-order valence-electron chi connectivity index (χ4n) is 2.33. The maximum atomic E-state index is 10.5. The molecule has 0 aliphatic rings. The van der Waals surface area contributed by atoms with Gasteiger partial charge in [-0.2, -0.15) is 20.0 Å². The first-order chi connectivity index (χ1) is 11.8. The van der Waals surface area contributed by atoms with E-state index >= 15 is 0 Å². The van der Waals surface area contributed by atoms with Crippen LogP contribution in [0.5, 0.6) is 0 Å². The summed E-state index contributed by atoms with van der Waals surface area (Å²) in [4.78, 5) is 56.1. The Balaban J connectivity index is 2.79. The highest BCUT2D eigenvalue weighted by Gasteiger charge is 2.18. The zero-order chi connectivity index (χ0) is 17.4. The zero-order valence-electron chi connectivity index (χ0n) is 12.0. The van der Waals surface area contributed by atoms with Crippen LogP contribution in [0.3, 0.4) is 0 Å². The molecule has 116 valence electrons. The summed E-state index contributed by atoms with van der Waals surface area (Å²) in [6.45, 7) is 0. The molecule has 0 fully saturated rings. The maximum absolute atomic E-state index is 10.5. The van der Waals surface area contributed by atoms with Gasteiger partial charge in [-0.3, -0.25) is 0 Å². The van der Waals surface area contributed by atoms with Crippen LogP contribution in [0, 0.1) is 0 Å². The fourth-order valence-corrected chi connectivity index (χ4v) is 2.33. The average molecular weight is 320 g/mol. The molecule has 8 nitrogen and oxygen atoms in total. The zero-order valence-corrected chi connectivity index (χ0v) is 12.0. The highest BCUT2D eigenvalue weighted by molar-refractivity contribution is 5.89. The maximum Gasteiger partial charge on any atom is 0.237 e. The molecule has 2 aromatic carbocycles. The van der Waals surface area contributed by atoms with Crippen molar-refractivity contribution in [2.24, 2.45) is 20.0 Å². The van der Waals surface area contributed by atoms with Crippen LogP contribution in [0.15, 0.2) is 56.4 Å². The predicted octanol–water partition coefficient (Wildman–Crippen LogP) is 2.18. The molecule has 0 radical (unpaired) electrons. The van der Waals surface area contributed by atoms with Crippen molar-refractivity contribution >= 4 is 35.1 Å². The van der Waals surface area contributed by atoms with Crippen molar-refractivity contribution in [3.8, 4) is 0 Å². The molecule has 0 N–H and O–H groups in total. The van der Waals surface area contributed by atoms with Gasteiger partial charge in [-0.25, -0.2) is 19.2 Å². The van der Waals surface area contributed by atoms with E-state index in [1.54, 1.807) is 24.3 Å². The molecule has 0 spiro atoms. The quantitative estimate of drug-likeness (QED) is 0.598. The molecule has 0 heterocycles. The molecule has 0 aliphatic carbocycles. The molecule has 0 aliphatic heterocycles. The lowest BCUT2D eigenvalue weighted by Crippen LogP contribution is -1.99. The number of fused-ring (bicyclic) bond motifs is 1. The predicted molar refractivity (Wildman–Crippen MR) is 81.9 cm³/mol. The summed E-state index contributed by atoms with van der Waals surface area (Å²) >= 11 is 0. The Kier molecular flexibility index (Phi) is 5.54. The highest BCUT2D eigenvalue weighted by Crippen LogP contribution is 2.33. The van der Waals surface area contributed by atoms with E-state index in [4.69, 9.17) is 0 Å². The number of hydrogen-bond donors (Lipinski definition) is 0. The summed E-state index contributed by atoms with van der Waals surface area (Å²) < 4.78 is 0. The first kappa shape index (κ1) is 16.6. The summed E-state index contributed by atoms with van der Waals surface area (Å²) in [5, 5.41) is 1.18. The van der Waals surface area contributed by atoms with Gasteiger partial charge in [0, 0.05) is 11.1 Å². The Bertz CT molecular complexity index is 847. The second kappa shape index (κ2) is 8.01. The first-order valence-electron chi connectivity index (χ1n) is 6.56. The Morgan fingerprint density at radius 2 is 0.917 bits per heavy atom. The van der Waals surface area contributed by atoms with Gasteiger partial charge in [0.05, 0.1) is 0 Å². The van der Waals surface area contributed by atoms with Gasteiger partial charge in [0.1, 0.15) is 0 Å². The molecule has 24 heavy (non-hydrogen) atoms. The van der Waals surface area contributed by atoms with Crippen molar-refractivity contribution in [2.75, 3.05) is 0 Å². The van der Waals surface area contributed by atoms with Crippen LogP contribution in [-0.2, 0) is 19.2 Å². The van der Waals surface area contributed by atoms with Gasteiger partial charge >= 0.3 is 0 Å². The lowest BCUT2D eigenvalue weighted by Gasteiger charge is -2.13. The van der Waals surface area contributed by atoms with Gasteiger partial charge in [0.25, 0.3) is 0 Å². The second-order valence-corrected chi connectivity index (χ2v) is 4.42. The molecular formula is C16H8N4O4. The third kappa shape index (κ3) is 3.34. The van der Waals surface area contributed by atoms with Gasteiger partial charge in [0.2, 0.25) is 24.3 Å². The van der Waals surface area contributed by atoms with Gasteiger partial charge in [-0.15, -0.1) is 0 Å². The smallest absolute Gasteiger partial charge is 0.211 e. The van der Waals surface area contributed by atoms with Gasteiger partial charge < -0.3 is 0 Å². The van der Waals surface area contributed by atoms with E-state index in [-0.39, 0.29) is 0 Å². The number of aliphatic imine (C=N–C) groups is 4. The second-order valence-electron chi connectivity index (χ2n) is 4.42. The lowest BCUT2D eigenvalue weighted by atomic mass is 9.97. The van der Waals surface area contributed by atoms with Crippen molar-refractivity contribution in [2.45, 2.75) is 12.3 Å². The summed E-state index contributed by atoms with van der Waals surface area (Å²) in [5.41, 5.74) is 0.898. The van der Waals surface area contributed by atoms with Crippen molar-refractivity contribution in [3.63, 3.8) is 0 Å². The molecule has 0 aromatic heterocycles. The van der Waals surface area contributed by atoms with E-state index < -0.39 is 12.3 Å². The van der Waals surface area contributed by atoms with E-state index in [2.05, 4.69) is 20.0 Å². The summed E-state index contributed by atoms with van der Waals surface area (Å²) in [7, 11) is 0. The number of carbonyl (C=O) groups excluding carboxylic acids is 4. The van der Waals surface area contributed by atoms with Crippen molar-refractivity contribution in [1.82, 2.24) is 0 Å². The van der Waals surface area contributed by atoms with Gasteiger partial charge in [-0.05, 0) is 10.8 Å². The summed E-state index contributed by atoms with van der Waals surface area (Å²) in [6, 6.07) is 9.93. The Morgan fingerprint density at radius 1 is 0.583 bits per heavy atom. The van der Waals surface area contributed by atoms with Crippen LogP contribution in [-0.4, -0.2) is 24.3 Å².